The van der Waals surface area contributed by atoms with E-state index in [0.717, 1.165) is 36.0 Å². The van der Waals surface area contributed by atoms with Crippen molar-refractivity contribution in [3.63, 3.8) is 0 Å². The smallest absolute Gasteiger partial charge is 0.328 e. The standard InChI is InChI=1S/C15H19ClN2O2/c1-17-11-7-6-10(9-12(11)18(2)15(17)19)14(16)13-5-3-4-8-20-13/h6-7,9,13-14H,3-5,8H2,1-2H3. The van der Waals surface area contributed by atoms with Crippen molar-refractivity contribution >= 4 is 22.6 Å². The molecule has 0 spiro atoms. The Morgan fingerprint density at radius 3 is 2.70 bits per heavy atom. The predicted octanol–water partition coefficient (Wildman–Crippen LogP) is 2.73. The molecule has 2 atom stereocenters. The van der Waals surface area contributed by atoms with Crippen LogP contribution in [0.3, 0.4) is 0 Å². The first-order chi connectivity index (χ1) is 9.59. The van der Waals surface area contributed by atoms with Crippen LogP contribution < -0.4 is 5.69 Å². The van der Waals surface area contributed by atoms with Gasteiger partial charge in [-0.25, -0.2) is 4.79 Å². The lowest BCUT2D eigenvalue weighted by molar-refractivity contribution is 0.0136. The van der Waals surface area contributed by atoms with E-state index in [1.165, 1.54) is 6.42 Å². The number of benzene rings is 1. The number of hydrogen-bond acceptors (Lipinski definition) is 2. The van der Waals surface area contributed by atoms with E-state index in [-0.39, 0.29) is 17.2 Å². The third-order valence-corrected chi connectivity index (χ3v) is 4.69. The van der Waals surface area contributed by atoms with Crippen molar-refractivity contribution in [3.05, 3.63) is 34.2 Å². The fourth-order valence-electron chi connectivity index (χ4n) is 2.91. The van der Waals surface area contributed by atoms with E-state index in [1.807, 2.05) is 18.2 Å². The highest BCUT2D eigenvalue weighted by molar-refractivity contribution is 6.21. The average molecular weight is 295 g/mol. The summed E-state index contributed by atoms with van der Waals surface area (Å²) in [5.74, 6) is 0. The Kier molecular flexibility index (Phi) is 3.61. The van der Waals surface area contributed by atoms with Gasteiger partial charge in [-0.3, -0.25) is 9.13 Å². The van der Waals surface area contributed by atoms with Crippen LogP contribution in [-0.4, -0.2) is 21.8 Å². The molecule has 1 aromatic heterocycles. The van der Waals surface area contributed by atoms with E-state index in [0.29, 0.717) is 0 Å². The molecule has 1 aliphatic rings. The summed E-state index contributed by atoms with van der Waals surface area (Å²) < 4.78 is 9.07. The third-order valence-electron chi connectivity index (χ3n) is 4.16. The number of halogens is 1. The van der Waals surface area contributed by atoms with E-state index in [9.17, 15) is 4.79 Å². The fourth-order valence-corrected chi connectivity index (χ4v) is 3.24. The summed E-state index contributed by atoms with van der Waals surface area (Å²) in [5, 5.41) is -0.157. The maximum Gasteiger partial charge on any atom is 0.328 e. The lowest BCUT2D eigenvalue weighted by atomic mass is 10.0. The minimum absolute atomic E-state index is 0.0165. The number of imidazole rings is 1. The lowest BCUT2D eigenvalue weighted by Crippen LogP contribution is -2.23. The van der Waals surface area contributed by atoms with Gasteiger partial charge in [-0.05, 0) is 37.0 Å². The van der Waals surface area contributed by atoms with Crippen molar-refractivity contribution in [1.29, 1.82) is 0 Å². The molecule has 0 N–H and O–H groups in total. The third kappa shape index (κ3) is 2.17. The zero-order valence-electron chi connectivity index (χ0n) is 11.8. The number of nitrogens with zero attached hydrogens (tertiary/aromatic N) is 2. The summed E-state index contributed by atoms with van der Waals surface area (Å²) in [6.45, 7) is 0.792. The highest BCUT2D eigenvalue weighted by Crippen LogP contribution is 2.33. The maximum absolute atomic E-state index is 11.9. The minimum Gasteiger partial charge on any atom is -0.376 e. The molecule has 1 saturated heterocycles. The van der Waals surface area contributed by atoms with Crippen molar-refractivity contribution in [1.82, 2.24) is 9.13 Å². The van der Waals surface area contributed by atoms with Crippen molar-refractivity contribution in [3.8, 4) is 0 Å². The summed E-state index contributed by atoms with van der Waals surface area (Å²) in [4.78, 5) is 11.9. The molecule has 1 fully saturated rings. The summed E-state index contributed by atoms with van der Waals surface area (Å²) in [6, 6.07) is 5.97. The molecule has 0 bridgehead atoms. The van der Waals surface area contributed by atoms with Gasteiger partial charge >= 0.3 is 5.69 Å². The van der Waals surface area contributed by atoms with Gasteiger partial charge in [0.05, 0.1) is 22.5 Å². The number of aryl methyl sites for hydroxylation is 2. The second-order valence-electron chi connectivity index (χ2n) is 5.46. The van der Waals surface area contributed by atoms with E-state index in [4.69, 9.17) is 16.3 Å². The lowest BCUT2D eigenvalue weighted by Gasteiger charge is -2.27. The number of fused-ring (bicyclic) bond motifs is 1. The van der Waals surface area contributed by atoms with Gasteiger partial charge < -0.3 is 4.74 Å². The molecule has 0 saturated carbocycles. The highest BCUT2D eigenvalue weighted by Gasteiger charge is 2.24. The molecular weight excluding hydrogens is 276 g/mol. The number of rotatable bonds is 2. The molecular formula is C15H19ClN2O2. The van der Waals surface area contributed by atoms with E-state index in [2.05, 4.69) is 0 Å². The maximum atomic E-state index is 11.9. The Labute approximate surface area is 122 Å². The van der Waals surface area contributed by atoms with Crippen LogP contribution in [0, 0.1) is 0 Å². The van der Waals surface area contributed by atoms with Crippen LogP contribution in [0.25, 0.3) is 11.0 Å². The molecule has 2 unspecified atom stereocenters. The zero-order chi connectivity index (χ0) is 14.3. The Morgan fingerprint density at radius 1 is 1.25 bits per heavy atom. The molecule has 2 heterocycles. The molecule has 0 amide bonds. The van der Waals surface area contributed by atoms with Crippen LogP contribution in [-0.2, 0) is 18.8 Å². The normalized spacial score (nSPS) is 21.2. The van der Waals surface area contributed by atoms with Gasteiger partial charge in [0.15, 0.2) is 0 Å². The average Bonchev–Trinajstić information content (AvgIpc) is 2.72. The fraction of sp³-hybridized carbons (Fsp3) is 0.533. The van der Waals surface area contributed by atoms with Crippen molar-refractivity contribution < 1.29 is 4.74 Å². The Bertz CT molecular complexity index is 683. The number of hydrogen-bond donors (Lipinski definition) is 0. The first-order valence-corrected chi connectivity index (χ1v) is 7.44. The van der Waals surface area contributed by atoms with Crippen LogP contribution in [0.5, 0.6) is 0 Å². The van der Waals surface area contributed by atoms with Crippen molar-refractivity contribution in [2.45, 2.75) is 30.7 Å². The molecule has 108 valence electrons. The van der Waals surface area contributed by atoms with Gasteiger partial charge in [0.2, 0.25) is 0 Å². The molecule has 3 rings (SSSR count). The predicted molar refractivity (Wildman–Crippen MR) is 80.3 cm³/mol. The quantitative estimate of drug-likeness (QED) is 0.799. The largest absolute Gasteiger partial charge is 0.376 e. The van der Waals surface area contributed by atoms with Crippen LogP contribution in [0.15, 0.2) is 23.0 Å². The van der Waals surface area contributed by atoms with Crippen LogP contribution in [0.1, 0.15) is 30.2 Å². The summed E-state index contributed by atoms with van der Waals surface area (Å²) in [6.07, 6.45) is 3.36. The summed E-state index contributed by atoms with van der Waals surface area (Å²) >= 11 is 6.57. The molecule has 4 nitrogen and oxygen atoms in total. The van der Waals surface area contributed by atoms with Crippen LogP contribution in [0.2, 0.25) is 0 Å². The molecule has 2 aromatic rings. The number of ether oxygens (including phenoxy) is 1. The second kappa shape index (κ2) is 5.26. The topological polar surface area (TPSA) is 36.2 Å². The number of alkyl halides is 1. The number of aromatic nitrogens is 2. The van der Waals surface area contributed by atoms with Crippen molar-refractivity contribution in [2.75, 3.05) is 6.61 Å². The molecule has 1 aliphatic heterocycles. The van der Waals surface area contributed by atoms with E-state index in [1.54, 1.807) is 23.2 Å². The van der Waals surface area contributed by atoms with Gasteiger partial charge in [-0.15, -0.1) is 11.6 Å². The van der Waals surface area contributed by atoms with Gasteiger partial charge in [0.1, 0.15) is 0 Å². The highest BCUT2D eigenvalue weighted by atomic mass is 35.5. The van der Waals surface area contributed by atoms with Crippen molar-refractivity contribution in [2.24, 2.45) is 14.1 Å². The van der Waals surface area contributed by atoms with Crippen LogP contribution >= 0.6 is 11.6 Å². The zero-order valence-corrected chi connectivity index (χ0v) is 12.6. The van der Waals surface area contributed by atoms with Gasteiger partial charge in [-0.2, -0.15) is 0 Å². The van der Waals surface area contributed by atoms with E-state index >= 15 is 0 Å². The Morgan fingerprint density at radius 2 is 2.00 bits per heavy atom. The van der Waals surface area contributed by atoms with E-state index < -0.39 is 0 Å². The Balaban J connectivity index is 2.00. The monoisotopic (exact) mass is 294 g/mol. The molecule has 0 radical (unpaired) electrons. The molecule has 20 heavy (non-hydrogen) atoms. The summed E-state index contributed by atoms with van der Waals surface area (Å²) in [5.41, 5.74) is 2.84. The summed E-state index contributed by atoms with van der Waals surface area (Å²) in [7, 11) is 3.57. The van der Waals surface area contributed by atoms with Gasteiger partial charge in [0.25, 0.3) is 0 Å². The minimum atomic E-state index is -0.157. The first kappa shape index (κ1) is 13.7. The SMILES string of the molecule is Cn1c(=O)n(C)c2cc(C(Cl)C3CCCCO3)ccc21. The van der Waals surface area contributed by atoms with Gasteiger partial charge in [0, 0.05) is 20.7 Å². The first-order valence-electron chi connectivity index (χ1n) is 7.00. The Hall–Kier alpha value is -1.26. The molecule has 0 aliphatic carbocycles. The van der Waals surface area contributed by atoms with Gasteiger partial charge in [-0.1, -0.05) is 6.07 Å². The second-order valence-corrected chi connectivity index (χ2v) is 5.93. The molecule has 5 heteroatoms. The van der Waals surface area contributed by atoms with Crippen LogP contribution in [0.4, 0.5) is 0 Å². The molecule has 1 aromatic carbocycles.